The normalized spacial score (nSPS) is 15.7. The van der Waals surface area contributed by atoms with Gasteiger partial charge in [-0.1, -0.05) is 58.8 Å². The standard InChI is InChI=1S/C7H10N2O.C6H8N2O.3C2H6/c1-5-8-6(9-10-5)7(2)3-4-7;1-4-7-6(8-9-4)5-2-3-5;3*1-2/h3-4H2,1-2H3;5H,2-3H2,1H3;3*1-2H3. The molecule has 2 fully saturated rings. The van der Waals surface area contributed by atoms with Crippen LogP contribution in [0.2, 0.25) is 0 Å². The van der Waals surface area contributed by atoms with Gasteiger partial charge < -0.3 is 9.05 Å². The van der Waals surface area contributed by atoms with Crippen LogP contribution < -0.4 is 0 Å². The lowest BCUT2D eigenvalue weighted by Gasteiger charge is -1.96. The average Bonchev–Trinajstić information content (AvgIpc) is 3.56. The molecule has 0 amide bonds. The Morgan fingerprint density at radius 3 is 1.60 bits per heavy atom. The van der Waals surface area contributed by atoms with Crippen LogP contribution in [0.15, 0.2) is 9.05 Å². The molecule has 2 aliphatic carbocycles. The zero-order valence-corrected chi connectivity index (χ0v) is 17.5. The molecule has 0 bridgehead atoms. The van der Waals surface area contributed by atoms with Crippen molar-refractivity contribution in [3.63, 3.8) is 0 Å². The van der Waals surface area contributed by atoms with E-state index in [1.807, 2.05) is 55.4 Å². The second-order valence-electron chi connectivity index (χ2n) is 5.64. The Hall–Kier alpha value is -1.72. The van der Waals surface area contributed by atoms with Gasteiger partial charge in [0.1, 0.15) is 0 Å². The third-order valence-corrected chi connectivity index (χ3v) is 3.55. The van der Waals surface area contributed by atoms with Crippen LogP contribution in [0.3, 0.4) is 0 Å². The summed E-state index contributed by atoms with van der Waals surface area (Å²) in [7, 11) is 0. The lowest BCUT2D eigenvalue weighted by molar-refractivity contribution is 0.383. The molecule has 0 atom stereocenters. The molecular formula is C19H36N4O2. The molecule has 144 valence electrons. The summed E-state index contributed by atoms with van der Waals surface area (Å²) in [5.41, 5.74) is 0.248. The van der Waals surface area contributed by atoms with Gasteiger partial charge in [-0.05, 0) is 25.7 Å². The van der Waals surface area contributed by atoms with Crippen LogP contribution in [0, 0.1) is 13.8 Å². The van der Waals surface area contributed by atoms with Crippen molar-refractivity contribution >= 4 is 0 Å². The summed E-state index contributed by atoms with van der Waals surface area (Å²) in [6, 6.07) is 0. The van der Waals surface area contributed by atoms with Crippen molar-refractivity contribution in [1.29, 1.82) is 0 Å². The van der Waals surface area contributed by atoms with E-state index in [-0.39, 0.29) is 5.41 Å². The highest BCUT2D eigenvalue weighted by atomic mass is 16.5. The Labute approximate surface area is 152 Å². The van der Waals surface area contributed by atoms with Gasteiger partial charge in [-0.15, -0.1) is 0 Å². The highest BCUT2D eigenvalue weighted by molar-refractivity contribution is 5.13. The molecule has 2 saturated carbocycles. The summed E-state index contributed by atoms with van der Waals surface area (Å²) < 4.78 is 9.67. The molecule has 0 spiro atoms. The van der Waals surface area contributed by atoms with E-state index in [4.69, 9.17) is 9.05 Å². The van der Waals surface area contributed by atoms with E-state index in [0.717, 1.165) is 11.6 Å². The molecule has 2 aromatic rings. The lowest BCUT2D eigenvalue weighted by Crippen LogP contribution is -2.01. The largest absolute Gasteiger partial charge is 0.340 e. The second kappa shape index (κ2) is 11.8. The molecule has 2 aliphatic rings. The van der Waals surface area contributed by atoms with Gasteiger partial charge in [-0.3, -0.25) is 0 Å². The van der Waals surface area contributed by atoms with Crippen molar-refractivity contribution in [3.8, 4) is 0 Å². The molecule has 2 heterocycles. The highest BCUT2D eigenvalue weighted by Gasteiger charge is 2.43. The highest BCUT2D eigenvalue weighted by Crippen LogP contribution is 2.45. The van der Waals surface area contributed by atoms with Crippen molar-refractivity contribution in [3.05, 3.63) is 23.4 Å². The Kier molecular flexibility index (Phi) is 11.0. The fourth-order valence-electron chi connectivity index (χ4n) is 1.78. The van der Waals surface area contributed by atoms with Gasteiger partial charge in [0.25, 0.3) is 0 Å². The Balaban J connectivity index is 0.000000357. The number of hydrogen-bond donors (Lipinski definition) is 0. The number of aryl methyl sites for hydroxylation is 2. The van der Waals surface area contributed by atoms with Crippen molar-refractivity contribution in [2.75, 3.05) is 0 Å². The zero-order chi connectivity index (χ0) is 19.5. The first-order chi connectivity index (χ1) is 12.1. The third kappa shape index (κ3) is 7.80. The van der Waals surface area contributed by atoms with E-state index in [9.17, 15) is 0 Å². The molecule has 0 saturated heterocycles. The Bertz CT molecular complexity index is 569. The molecule has 0 N–H and O–H groups in total. The van der Waals surface area contributed by atoms with Gasteiger partial charge in [0.2, 0.25) is 11.8 Å². The number of nitrogens with zero attached hydrogens (tertiary/aromatic N) is 4. The van der Waals surface area contributed by atoms with Crippen LogP contribution in [0.1, 0.15) is 103 Å². The molecular weight excluding hydrogens is 316 g/mol. The third-order valence-electron chi connectivity index (χ3n) is 3.55. The smallest absolute Gasteiger partial charge is 0.223 e. The summed E-state index contributed by atoms with van der Waals surface area (Å²) in [5.74, 6) is 3.74. The number of rotatable bonds is 2. The molecule has 4 rings (SSSR count). The van der Waals surface area contributed by atoms with E-state index in [1.165, 1.54) is 25.7 Å². The monoisotopic (exact) mass is 352 g/mol. The van der Waals surface area contributed by atoms with Crippen molar-refractivity contribution in [1.82, 2.24) is 20.3 Å². The number of aromatic nitrogens is 4. The molecule has 25 heavy (non-hydrogen) atoms. The lowest BCUT2D eigenvalue weighted by atomic mass is 10.1. The van der Waals surface area contributed by atoms with Gasteiger partial charge in [-0.25, -0.2) is 0 Å². The summed E-state index contributed by atoms with van der Waals surface area (Å²) in [6.45, 7) is 17.8. The maximum atomic E-state index is 4.87. The first-order valence-electron chi connectivity index (χ1n) is 9.68. The molecule has 0 aliphatic heterocycles. The summed E-state index contributed by atoms with van der Waals surface area (Å²) in [6.07, 6.45) is 4.87. The van der Waals surface area contributed by atoms with E-state index in [0.29, 0.717) is 17.7 Å². The minimum Gasteiger partial charge on any atom is -0.340 e. The molecule has 0 unspecified atom stereocenters. The van der Waals surface area contributed by atoms with Crippen LogP contribution in [0.25, 0.3) is 0 Å². The van der Waals surface area contributed by atoms with Crippen molar-refractivity contribution < 1.29 is 9.05 Å². The summed E-state index contributed by atoms with van der Waals surface area (Å²) in [4.78, 5) is 8.26. The van der Waals surface area contributed by atoms with Gasteiger partial charge >= 0.3 is 0 Å². The van der Waals surface area contributed by atoms with E-state index < -0.39 is 0 Å². The summed E-state index contributed by atoms with van der Waals surface area (Å²) >= 11 is 0. The van der Waals surface area contributed by atoms with Gasteiger partial charge in [0.05, 0.1) is 0 Å². The van der Waals surface area contributed by atoms with Crippen LogP contribution >= 0.6 is 0 Å². The van der Waals surface area contributed by atoms with E-state index >= 15 is 0 Å². The first kappa shape index (κ1) is 23.3. The topological polar surface area (TPSA) is 77.8 Å². The van der Waals surface area contributed by atoms with Crippen LogP contribution in [0.4, 0.5) is 0 Å². The molecule has 0 radical (unpaired) electrons. The molecule has 0 aromatic carbocycles. The summed E-state index contributed by atoms with van der Waals surface area (Å²) in [5, 5.41) is 7.66. The molecule has 6 nitrogen and oxygen atoms in total. The fraction of sp³-hybridized carbons (Fsp3) is 0.789. The van der Waals surface area contributed by atoms with Crippen molar-refractivity contribution in [2.45, 2.75) is 99.3 Å². The maximum Gasteiger partial charge on any atom is 0.223 e. The van der Waals surface area contributed by atoms with Gasteiger partial charge in [0.15, 0.2) is 11.6 Å². The molecule has 6 heteroatoms. The van der Waals surface area contributed by atoms with Gasteiger partial charge in [0, 0.05) is 25.2 Å². The Morgan fingerprint density at radius 1 is 0.800 bits per heavy atom. The van der Waals surface area contributed by atoms with Crippen LogP contribution in [0.5, 0.6) is 0 Å². The SMILES string of the molecule is CC.CC.CC.Cc1nc(C2(C)CC2)no1.Cc1nc(C2CC2)no1. The Morgan fingerprint density at radius 2 is 1.28 bits per heavy atom. The molecule has 2 aromatic heterocycles. The van der Waals surface area contributed by atoms with Crippen LogP contribution in [-0.2, 0) is 5.41 Å². The van der Waals surface area contributed by atoms with Crippen LogP contribution in [-0.4, -0.2) is 20.3 Å². The zero-order valence-electron chi connectivity index (χ0n) is 17.5. The van der Waals surface area contributed by atoms with Gasteiger partial charge in [-0.2, -0.15) is 9.97 Å². The fourth-order valence-corrected chi connectivity index (χ4v) is 1.78. The minimum absolute atomic E-state index is 0.248. The van der Waals surface area contributed by atoms with Crippen molar-refractivity contribution in [2.24, 2.45) is 0 Å². The maximum absolute atomic E-state index is 4.87. The minimum atomic E-state index is 0.248. The average molecular weight is 353 g/mol. The predicted octanol–water partition coefficient (Wildman–Crippen LogP) is 5.76. The second-order valence-corrected chi connectivity index (χ2v) is 5.64. The van der Waals surface area contributed by atoms with E-state index in [2.05, 4.69) is 27.2 Å². The first-order valence-corrected chi connectivity index (χ1v) is 9.68. The quantitative estimate of drug-likeness (QED) is 0.683. The predicted molar refractivity (Wildman–Crippen MR) is 101 cm³/mol. The van der Waals surface area contributed by atoms with E-state index in [1.54, 1.807) is 0 Å². The number of hydrogen-bond acceptors (Lipinski definition) is 6.